The number of hydrogen-bond donors (Lipinski definition) is 2. The van der Waals surface area contributed by atoms with Crippen LogP contribution in [0.3, 0.4) is 0 Å². The summed E-state index contributed by atoms with van der Waals surface area (Å²) in [6, 6.07) is 6.06. The zero-order valence-electron chi connectivity index (χ0n) is 11.5. The minimum Gasteiger partial charge on any atom is -0.466 e. The molecule has 0 spiro atoms. The van der Waals surface area contributed by atoms with Crippen LogP contribution in [0.5, 0.6) is 6.01 Å². The Balaban J connectivity index is 2.32. The predicted molar refractivity (Wildman–Crippen MR) is 75.1 cm³/mol. The van der Waals surface area contributed by atoms with Crippen molar-refractivity contribution in [3.63, 3.8) is 0 Å². The van der Waals surface area contributed by atoms with Gasteiger partial charge in [-0.1, -0.05) is 19.1 Å². The topological polar surface area (TPSA) is 114 Å². The molecule has 2 rings (SSSR count). The Morgan fingerprint density at radius 1 is 1.38 bits per heavy atom. The lowest BCUT2D eigenvalue weighted by molar-refractivity contribution is 0.102. The van der Waals surface area contributed by atoms with Crippen molar-refractivity contribution in [2.45, 2.75) is 11.8 Å². The van der Waals surface area contributed by atoms with Gasteiger partial charge in [0.25, 0.3) is 5.91 Å². The second-order valence-electron chi connectivity index (χ2n) is 4.02. The molecule has 0 bridgehead atoms. The molecule has 1 aromatic heterocycles. The zero-order chi connectivity index (χ0) is 15.5. The van der Waals surface area contributed by atoms with E-state index in [9.17, 15) is 13.2 Å². The largest absolute Gasteiger partial charge is 0.466 e. The van der Waals surface area contributed by atoms with Gasteiger partial charge >= 0.3 is 6.01 Å². The number of hydrogen-bond acceptors (Lipinski definition) is 6. The molecule has 0 aliphatic carbocycles. The van der Waals surface area contributed by atoms with Gasteiger partial charge in [0.1, 0.15) is 0 Å². The minimum absolute atomic E-state index is 0.0171. The molecular formula is C12H14N4O4S. The lowest BCUT2D eigenvalue weighted by atomic mass is 10.2. The van der Waals surface area contributed by atoms with Gasteiger partial charge in [-0.3, -0.25) is 10.1 Å². The fourth-order valence-electron chi connectivity index (χ4n) is 1.65. The number of rotatable bonds is 5. The van der Waals surface area contributed by atoms with E-state index in [4.69, 9.17) is 4.74 Å². The third-order valence-corrected chi connectivity index (χ3v) is 4.51. The van der Waals surface area contributed by atoms with Gasteiger partial charge in [-0.05, 0) is 12.1 Å². The normalized spacial score (nSPS) is 11.1. The van der Waals surface area contributed by atoms with E-state index in [-0.39, 0.29) is 28.2 Å². The van der Waals surface area contributed by atoms with Crippen molar-refractivity contribution in [3.8, 4) is 6.01 Å². The van der Waals surface area contributed by atoms with E-state index in [0.29, 0.717) is 0 Å². The van der Waals surface area contributed by atoms with Gasteiger partial charge in [0.2, 0.25) is 5.95 Å². The fourth-order valence-corrected chi connectivity index (χ4v) is 2.74. The van der Waals surface area contributed by atoms with Crippen LogP contribution in [0.25, 0.3) is 0 Å². The minimum atomic E-state index is -3.50. The van der Waals surface area contributed by atoms with Crippen LogP contribution in [0, 0.1) is 0 Å². The molecule has 0 aliphatic rings. The molecule has 1 heterocycles. The third kappa shape index (κ3) is 3.19. The Hall–Kier alpha value is -2.42. The average Bonchev–Trinajstić information content (AvgIpc) is 2.94. The summed E-state index contributed by atoms with van der Waals surface area (Å²) in [5.74, 6) is -0.616. The molecular weight excluding hydrogens is 296 g/mol. The molecule has 0 radical (unpaired) electrons. The van der Waals surface area contributed by atoms with Gasteiger partial charge in [-0.2, -0.15) is 4.98 Å². The SMILES string of the molecule is CCS(=O)(=O)c1ccccc1C(=O)Nc1nc(OC)n[nH]1. The number of sulfone groups is 1. The van der Waals surface area contributed by atoms with Crippen molar-refractivity contribution in [1.82, 2.24) is 15.2 Å². The lowest BCUT2D eigenvalue weighted by Crippen LogP contribution is -2.18. The van der Waals surface area contributed by atoms with Gasteiger partial charge in [0.05, 0.1) is 23.3 Å². The number of amides is 1. The number of ether oxygens (including phenoxy) is 1. The van der Waals surface area contributed by atoms with Crippen molar-refractivity contribution in [1.29, 1.82) is 0 Å². The van der Waals surface area contributed by atoms with E-state index in [1.54, 1.807) is 12.1 Å². The van der Waals surface area contributed by atoms with E-state index >= 15 is 0 Å². The summed E-state index contributed by atoms with van der Waals surface area (Å²) in [5, 5.41) is 8.58. The first kappa shape index (κ1) is 15.0. The summed E-state index contributed by atoms with van der Waals surface area (Å²) >= 11 is 0. The van der Waals surface area contributed by atoms with Gasteiger partial charge in [0, 0.05) is 0 Å². The van der Waals surface area contributed by atoms with Gasteiger partial charge in [0.15, 0.2) is 9.84 Å². The Morgan fingerprint density at radius 2 is 2.10 bits per heavy atom. The second-order valence-corrected chi connectivity index (χ2v) is 6.27. The number of nitrogens with one attached hydrogen (secondary N) is 2. The molecule has 21 heavy (non-hydrogen) atoms. The highest BCUT2D eigenvalue weighted by Crippen LogP contribution is 2.18. The molecule has 0 atom stereocenters. The Bertz CT molecular complexity index is 754. The molecule has 8 nitrogen and oxygen atoms in total. The summed E-state index contributed by atoms with van der Waals surface area (Å²) in [6.07, 6.45) is 0. The van der Waals surface area contributed by atoms with Crippen molar-refractivity contribution in [2.24, 2.45) is 0 Å². The van der Waals surface area contributed by atoms with E-state index in [2.05, 4.69) is 20.5 Å². The monoisotopic (exact) mass is 310 g/mol. The van der Waals surface area contributed by atoms with E-state index in [1.807, 2.05) is 0 Å². The summed E-state index contributed by atoms with van der Waals surface area (Å²) in [4.78, 5) is 16.0. The second kappa shape index (κ2) is 5.92. The first-order valence-electron chi connectivity index (χ1n) is 6.07. The molecule has 1 aromatic carbocycles. The molecule has 0 aliphatic heterocycles. The first-order chi connectivity index (χ1) is 9.97. The number of anilines is 1. The average molecular weight is 310 g/mol. The summed E-state index contributed by atoms with van der Waals surface area (Å²) in [5.41, 5.74) is 0.0507. The number of benzene rings is 1. The maximum Gasteiger partial charge on any atom is 0.336 e. The van der Waals surface area contributed by atoms with Crippen LogP contribution >= 0.6 is 0 Å². The number of aromatic nitrogens is 3. The van der Waals surface area contributed by atoms with Gasteiger partial charge in [-0.15, -0.1) is 5.10 Å². The molecule has 0 unspecified atom stereocenters. The van der Waals surface area contributed by atoms with Crippen LogP contribution in [0.1, 0.15) is 17.3 Å². The van der Waals surface area contributed by atoms with Crippen LogP contribution < -0.4 is 10.1 Å². The molecule has 112 valence electrons. The highest BCUT2D eigenvalue weighted by Gasteiger charge is 2.21. The van der Waals surface area contributed by atoms with Crippen LogP contribution in [0.4, 0.5) is 5.95 Å². The lowest BCUT2D eigenvalue weighted by Gasteiger charge is -2.08. The molecule has 0 fully saturated rings. The number of nitrogens with zero attached hydrogens (tertiary/aromatic N) is 2. The standard InChI is InChI=1S/C12H14N4O4S/c1-3-21(18,19)9-7-5-4-6-8(9)10(17)13-11-14-12(20-2)16-15-11/h4-7H,3H2,1-2H3,(H2,13,14,15,16,17). The highest BCUT2D eigenvalue weighted by atomic mass is 32.2. The Labute approximate surface area is 121 Å². The van der Waals surface area contributed by atoms with Crippen molar-refractivity contribution < 1.29 is 17.9 Å². The van der Waals surface area contributed by atoms with Crippen LogP contribution in [0.15, 0.2) is 29.2 Å². The zero-order valence-corrected chi connectivity index (χ0v) is 12.3. The number of methoxy groups -OCH3 is 1. The summed E-state index contributed by atoms with van der Waals surface area (Å²) in [6.45, 7) is 1.52. The van der Waals surface area contributed by atoms with Gasteiger partial charge < -0.3 is 4.74 Å². The van der Waals surface area contributed by atoms with E-state index < -0.39 is 15.7 Å². The molecule has 2 aromatic rings. The fraction of sp³-hybridized carbons (Fsp3) is 0.250. The maximum absolute atomic E-state index is 12.2. The maximum atomic E-state index is 12.2. The van der Waals surface area contributed by atoms with Crippen LogP contribution in [-0.2, 0) is 9.84 Å². The number of H-pyrrole nitrogens is 1. The van der Waals surface area contributed by atoms with Crippen LogP contribution in [0.2, 0.25) is 0 Å². The van der Waals surface area contributed by atoms with Crippen molar-refractivity contribution in [3.05, 3.63) is 29.8 Å². The number of aromatic amines is 1. The molecule has 0 saturated heterocycles. The Morgan fingerprint density at radius 3 is 2.71 bits per heavy atom. The predicted octanol–water partition coefficient (Wildman–Crippen LogP) is 0.859. The van der Waals surface area contributed by atoms with Crippen molar-refractivity contribution in [2.75, 3.05) is 18.2 Å². The first-order valence-corrected chi connectivity index (χ1v) is 7.72. The molecule has 0 saturated carbocycles. The molecule has 1 amide bonds. The number of carbonyl (C=O) groups excluding carboxylic acids is 1. The number of carbonyl (C=O) groups is 1. The highest BCUT2D eigenvalue weighted by molar-refractivity contribution is 7.91. The summed E-state index contributed by atoms with van der Waals surface area (Å²) < 4.78 is 28.8. The van der Waals surface area contributed by atoms with Crippen molar-refractivity contribution >= 4 is 21.7 Å². The summed E-state index contributed by atoms with van der Waals surface area (Å²) in [7, 11) is -2.11. The Kier molecular flexibility index (Phi) is 4.22. The van der Waals surface area contributed by atoms with E-state index in [1.165, 1.54) is 26.2 Å². The molecule has 9 heteroatoms. The smallest absolute Gasteiger partial charge is 0.336 e. The quantitative estimate of drug-likeness (QED) is 0.846. The third-order valence-electron chi connectivity index (χ3n) is 2.73. The van der Waals surface area contributed by atoms with Crippen LogP contribution in [-0.4, -0.2) is 42.4 Å². The van der Waals surface area contributed by atoms with E-state index in [0.717, 1.165) is 0 Å². The van der Waals surface area contributed by atoms with Gasteiger partial charge in [-0.25, -0.2) is 13.5 Å². The molecule has 2 N–H and O–H groups in total.